The molecule has 1 N–H and O–H groups in total. The van der Waals surface area contributed by atoms with Crippen LogP contribution in [0.1, 0.15) is 94.4 Å². The van der Waals surface area contributed by atoms with Gasteiger partial charge in [-0.2, -0.15) is 0 Å². The summed E-state index contributed by atoms with van der Waals surface area (Å²) in [5, 5.41) is 10.6. The minimum atomic E-state index is -0.281. The molecule has 20 heavy (non-hydrogen) atoms. The Morgan fingerprint density at radius 2 is 1.65 bits per heavy atom. The van der Waals surface area contributed by atoms with E-state index in [1.54, 1.807) is 0 Å². The van der Waals surface area contributed by atoms with E-state index in [1.165, 1.54) is 36.8 Å². The first kappa shape index (κ1) is 15.6. The maximum Gasteiger partial charge on any atom is 0.0795 e. The van der Waals surface area contributed by atoms with Crippen molar-refractivity contribution in [1.82, 2.24) is 0 Å². The van der Waals surface area contributed by atoms with Crippen molar-refractivity contribution in [2.24, 2.45) is 5.92 Å². The van der Waals surface area contributed by atoms with Crippen LogP contribution in [0.15, 0.2) is 18.2 Å². The van der Waals surface area contributed by atoms with Crippen molar-refractivity contribution in [3.63, 3.8) is 0 Å². The number of aliphatic hydroxyl groups is 1. The molecule has 0 heterocycles. The summed E-state index contributed by atoms with van der Waals surface area (Å²) in [6.07, 6.45) is 5.97. The highest BCUT2D eigenvalue weighted by Gasteiger charge is 2.22. The molecule has 0 spiro atoms. The second-order valence-corrected chi connectivity index (χ2v) is 7.10. The van der Waals surface area contributed by atoms with Gasteiger partial charge in [-0.05, 0) is 40.9 Å². The molecule has 1 aliphatic rings. The summed E-state index contributed by atoms with van der Waals surface area (Å²) in [4.78, 5) is 0. The standard InChI is InChI=1S/C19H30O/c1-13(2)16-9-10-17(18(12-16)14(3)4)19(20)11-15-7-5-6-8-15/h9-10,12-15,19-20H,5-8,11H2,1-4H3. The van der Waals surface area contributed by atoms with Gasteiger partial charge in [0.1, 0.15) is 0 Å². The molecule has 0 aliphatic heterocycles. The van der Waals surface area contributed by atoms with E-state index in [0.29, 0.717) is 11.8 Å². The van der Waals surface area contributed by atoms with E-state index in [-0.39, 0.29) is 6.10 Å². The van der Waals surface area contributed by atoms with Crippen molar-refractivity contribution < 1.29 is 5.11 Å². The normalized spacial score (nSPS) is 18.1. The Morgan fingerprint density at radius 3 is 2.20 bits per heavy atom. The lowest BCUT2D eigenvalue weighted by Crippen LogP contribution is -2.09. The van der Waals surface area contributed by atoms with Crippen LogP contribution < -0.4 is 0 Å². The first-order valence-corrected chi connectivity index (χ1v) is 8.30. The first-order valence-electron chi connectivity index (χ1n) is 8.30. The topological polar surface area (TPSA) is 20.2 Å². The van der Waals surface area contributed by atoms with Crippen molar-refractivity contribution in [2.45, 2.75) is 77.7 Å². The van der Waals surface area contributed by atoms with E-state index >= 15 is 0 Å². The lowest BCUT2D eigenvalue weighted by Gasteiger charge is -2.22. The number of benzene rings is 1. The summed E-state index contributed by atoms with van der Waals surface area (Å²) < 4.78 is 0. The third-order valence-corrected chi connectivity index (χ3v) is 4.79. The van der Waals surface area contributed by atoms with E-state index in [2.05, 4.69) is 45.9 Å². The molecular formula is C19H30O. The Kier molecular flexibility index (Phi) is 5.26. The highest BCUT2D eigenvalue weighted by molar-refractivity contribution is 5.37. The third-order valence-electron chi connectivity index (χ3n) is 4.79. The van der Waals surface area contributed by atoms with E-state index < -0.39 is 0 Å². The Bertz CT molecular complexity index is 427. The van der Waals surface area contributed by atoms with Crippen LogP contribution in [0.2, 0.25) is 0 Å². The molecule has 1 unspecified atom stereocenters. The summed E-state index contributed by atoms with van der Waals surface area (Å²) in [6, 6.07) is 6.68. The van der Waals surface area contributed by atoms with Crippen LogP contribution in [0.5, 0.6) is 0 Å². The van der Waals surface area contributed by atoms with Gasteiger partial charge in [-0.3, -0.25) is 0 Å². The van der Waals surface area contributed by atoms with Gasteiger partial charge in [0.2, 0.25) is 0 Å². The molecule has 0 bridgehead atoms. The fourth-order valence-corrected chi connectivity index (χ4v) is 3.44. The van der Waals surface area contributed by atoms with Crippen molar-refractivity contribution in [1.29, 1.82) is 0 Å². The molecule has 0 radical (unpaired) electrons. The summed E-state index contributed by atoms with van der Waals surface area (Å²) in [6.45, 7) is 8.92. The van der Waals surface area contributed by atoms with Crippen LogP contribution in [0.4, 0.5) is 0 Å². The van der Waals surface area contributed by atoms with Crippen molar-refractivity contribution in [2.75, 3.05) is 0 Å². The van der Waals surface area contributed by atoms with Gasteiger partial charge in [-0.15, -0.1) is 0 Å². The molecule has 0 saturated heterocycles. The Morgan fingerprint density at radius 1 is 1.00 bits per heavy atom. The number of hydrogen-bond donors (Lipinski definition) is 1. The molecule has 1 saturated carbocycles. The van der Waals surface area contributed by atoms with E-state index in [9.17, 15) is 5.11 Å². The highest BCUT2D eigenvalue weighted by atomic mass is 16.3. The summed E-state index contributed by atoms with van der Waals surface area (Å²) >= 11 is 0. The van der Waals surface area contributed by atoms with Crippen LogP contribution in [0, 0.1) is 5.92 Å². The predicted octanol–water partition coefficient (Wildman–Crippen LogP) is 5.55. The van der Waals surface area contributed by atoms with Gasteiger partial charge in [0.15, 0.2) is 0 Å². The third kappa shape index (κ3) is 3.63. The largest absolute Gasteiger partial charge is 0.388 e. The SMILES string of the molecule is CC(C)c1ccc(C(O)CC2CCCC2)c(C(C)C)c1. The van der Waals surface area contributed by atoms with E-state index in [4.69, 9.17) is 0 Å². The van der Waals surface area contributed by atoms with Crippen molar-refractivity contribution in [3.05, 3.63) is 34.9 Å². The molecule has 0 aromatic heterocycles. The second-order valence-electron chi connectivity index (χ2n) is 7.10. The maximum atomic E-state index is 10.6. The average Bonchev–Trinajstić information content (AvgIpc) is 2.90. The fourth-order valence-electron chi connectivity index (χ4n) is 3.44. The van der Waals surface area contributed by atoms with Gasteiger partial charge >= 0.3 is 0 Å². The van der Waals surface area contributed by atoms with Gasteiger partial charge in [-0.25, -0.2) is 0 Å². The van der Waals surface area contributed by atoms with Gasteiger partial charge in [0, 0.05) is 0 Å². The zero-order valence-electron chi connectivity index (χ0n) is 13.5. The average molecular weight is 274 g/mol. The molecule has 1 fully saturated rings. The quantitative estimate of drug-likeness (QED) is 0.746. The maximum absolute atomic E-state index is 10.6. The number of rotatable bonds is 5. The smallest absolute Gasteiger partial charge is 0.0795 e. The fraction of sp³-hybridized carbons (Fsp3) is 0.684. The minimum Gasteiger partial charge on any atom is -0.388 e. The van der Waals surface area contributed by atoms with Gasteiger partial charge in [0.25, 0.3) is 0 Å². The van der Waals surface area contributed by atoms with Crippen molar-refractivity contribution >= 4 is 0 Å². The highest BCUT2D eigenvalue weighted by Crippen LogP contribution is 2.36. The molecular weight excluding hydrogens is 244 g/mol. The monoisotopic (exact) mass is 274 g/mol. The predicted molar refractivity (Wildman–Crippen MR) is 86.2 cm³/mol. The van der Waals surface area contributed by atoms with Crippen molar-refractivity contribution in [3.8, 4) is 0 Å². The Labute approximate surface area is 124 Å². The van der Waals surface area contributed by atoms with Crippen LogP contribution >= 0.6 is 0 Å². The molecule has 112 valence electrons. The molecule has 1 nitrogen and oxygen atoms in total. The van der Waals surface area contributed by atoms with Crippen LogP contribution in [-0.2, 0) is 0 Å². The molecule has 0 amide bonds. The molecule has 1 atom stereocenters. The van der Waals surface area contributed by atoms with E-state index in [1.807, 2.05) is 0 Å². The van der Waals surface area contributed by atoms with Gasteiger partial charge in [0.05, 0.1) is 6.10 Å². The lowest BCUT2D eigenvalue weighted by atomic mass is 9.86. The van der Waals surface area contributed by atoms with E-state index in [0.717, 1.165) is 17.9 Å². The van der Waals surface area contributed by atoms with Crippen LogP contribution in [0.3, 0.4) is 0 Å². The molecule has 1 heteroatoms. The molecule has 1 aromatic carbocycles. The summed E-state index contributed by atoms with van der Waals surface area (Å²) in [5.74, 6) is 1.75. The van der Waals surface area contributed by atoms with Crippen LogP contribution in [-0.4, -0.2) is 5.11 Å². The zero-order chi connectivity index (χ0) is 14.7. The van der Waals surface area contributed by atoms with Gasteiger partial charge in [-0.1, -0.05) is 71.6 Å². The zero-order valence-corrected chi connectivity index (χ0v) is 13.5. The Hall–Kier alpha value is -0.820. The second kappa shape index (κ2) is 6.76. The lowest BCUT2D eigenvalue weighted by molar-refractivity contribution is 0.143. The number of hydrogen-bond acceptors (Lipinski definition) is 1. The summed E-state index contributed by atoms with van der Waals surface area (Å²) in [7, 11) is 0. The number of aliphatic hydroxyl groups excluding tert-OH is 1. The Balaban J connectivity index is 2.20. The van der Waals surface area contributed by atoms with Gasteiger partial charge < -0.3 is 5.11 Å². The molecule has 1 aliphatic carbocycles. The molecule has 1 aromatic rings. The summed E-state index contributed by atoms with van der Waals surface area (Å²) in [5.41, 5.74) is 3.88. The first-order chi connectivity index (χ1) is 9.49. The minimum absolute atomic E-state index is 0.281. The molecule has 2 rings (SSSR count). The van der Waals surface area contributed by atoms with Crippen LogP contribution in [0.25, 0.3) is 0 Å².